The fourth-order valence-electron chi connectivity index (χ4n) is 2.16. The van der Waals surface area contributed by atoms with E-state index in [4.69, 9.17) is 16.2 Å². The smallest absolute Gasteiger partial charge is 0.496 e. The molecule has 2 rings (SSSR count). The summed E-state index contributed by atoms with van der Waals surface area (Å²) in [7, 11) is 1.41. The lowest BCUT2D eigenvalue weighted by atomic mass is 10.1. The van der Waals surface area contributed by atoms with Crippen LogP contribution in [-0.4, -0.2) is 19.4 Å². The average molecular weight is 373 g/mol. The molecule has 0 saturated carbocycles. The first-order valence-electron chi connectivity index (χ1n) is 7.16. The van der Waals surface area contributed by atoms with Crippen molar-refractivity contribution >= 4 is 17.3 Å². The number of nitrogens with two attached hydrogens (primary N) is 2. The first kappa shape index (κ1) is 19.2. The molecule has 0 aromatic heterocycles. The third kappa shape index (κ3) is 4.47. The zero-order valence-electron chi connectivity index (χ0n) is 13.5. The Morgan fingerprint density at radius 3 is 2.38 bits per heavy atom. The van der Waals surface area contributed by atoms with Gasteiger partial charge in [0.1, 0.15) is 5.75 Å². The molecule has 0 fully saturated rings. The summed E-state index contributed by atoms with van der Waals surface area (Å²) in [4.78, 5) is 12.1. The van der Waals surface area contributed by atoms with E-state index in [1.54, 1.807) is 6.07 Å². The highest BCUT2D eigenvalue weighted by atomic mass is 19.4. The van der Waals surface area contributed by atoms with Gasteiger partial charge in [0, 0.05) is 17.7 Å². The van der Waals surface area contributed by atoms with Crippen molar-refractivity contribution in [3.63, 3.8) is 0 Å². The molecule has 140 valence electrons. The number of alkyl halides is 3. The van der Waals surface area contributed by atoms with Crippen LogP contribution in [0, 0.1) is 5.82 Å². The van der Waals surface area contributed by atoms with Crippen LogP contribution in [0.1, 0.15) is 15.9 Å². The number of nitrogen functional groups attached to an aromatic ring is 2. The maximum Gasteiger partial charge on any atom is 0.573 e. The lowest BCUT2D eigenvalue weighted by Gasteiger charge is -2.14. The van der Waals surface area contributed by atoms with Crippen molar-refractivity contribution < 1.29 is 31.8 Å². The molecule has 0 saturated heterocycles. The van der Waals surface area contributed by atoms with Crippen LogP contribution in [0.2, 0.25) is 0 Å². The van der Waals surface area contributed by atoms with Crippen molar-refractivity contribution in [2.24, 2.45) is 0 Å². The maximum atomic E-state index is 13.7. The molecule has 0 spiro atoms. The number of amides is 1. The fourth-order valence-corrected chi connectivity index (χ4v) is 2.16. The SMILES string of the molecule is COc1ccc(N)c(N)c1CNC(=O)c1ccc(OC(F)(F)F)c(F)c1. The zero-order valence-corrected chi connectivity index (χ0v) is 13.5. The highest BCUT2D eigenvalue weighted by molar-refractivity contribution is 5.94. The van der Waals surface area contributed by atoms with E-state index in [1.165, 1.54) is 13.2 Å². The molecule has 2 aromatic carbocycles. The van der Waals surface area contributed by atoms with Gasteiger partial charge in [-0.3, -0.25) is 4.79 Å². The largest absolute Gasteiger partial charge is 0.573 e. The van der Waals surface area contributed by atoms with Crippen molar-refractivity contribution in [3.05, 3.63) is 47.3 Å². The van der Waals surface area contributed by atoms with Crippen molar-refractivity contribution in [3.8, 4) is 11.5 Å². The highest BCUT2D eigenvalue weighted by Crippen LogP contribution is 2.29. The second kappa shape index (κ2) is 7.38. The van der Waals surface area contributed by atoms with E-state index in [0.29, 0.717) is 23.4 Å². The van der Waals surface area contributed by atoms with Crippen LogP contribution in [0.5, 0.6) is 11.5 Å². The predicted molar refractivity (Wildman–Crippen MR) is 86.1 cm³/mol. The van der Waals surface area contributed by atoms with Gasteiger partial charge < -0.3 is 26.3 Å². The number of halogens is 4. The second-order valence-electron chi connectivity index (χ2n) is 5.12. The third-order valence-corrected chi connectivity index (χ3v) is 3.41. The molecule has 1 amide bonds. The predicted octanol–water partition coefficient (Wildman–Crippen LogP) is 2.83. The van der Waals surface area contributed by atoms with Gasteiger partial charge in [0.25, 0.3) is 5.91 Å². The first-order valence-corrected chi connectivity index (χ1v) is 7.16. The number of nitrogens with one attached hydrogen (secondary N) is 1. The van der Waals surface area contributed by atoms with Gasteiger partial charge in [-0.1, -0.05) is 0 Å². The van der Waals surface area contributed by atoms with E-state index < -0.39 is 23.8 Å². The molecule has 0 unspecified atom stereocenters. The van der Waals surface area contributed by atoms with Crippen LogP contribution >= 0.6 is 0 Å². The van der Waals surface area contributed by atoms with Crippen LogP contribution < -0.4 is 26.3 Å². The van der Waals surface area contributed by atoms with Gasteiger partial charge in [-0.05, 0) is 30.3 Å². The van der Waals surface area contributed by atoms with Crippen LogP contribution in [-0.2, 0) is 6.54 Å². The minimum atomic E-state index is -5.04. The minimum absolute atomic E-state index is 0.0820. The maximum absolute atomic E-state index is 13.7. The lowest BCUT2D eigenvalue weighted by Crippen LogP contribution is -2.24. The van der Waals surface area contributed by atoms with E-state index in [1.807, 2.05) is 0 Å². The normalized spacial score (nSPS) is 11.1. The summed E-state index contributed by atoms with van der Waals surface area (Å²) < 4.78 is 58.7. The number of benzene rings is 2. The molecule has 0 radical (unpaired) electrons. The van der Waals surface area contributed by atoms with Gasteiger partial charge in [-0.2, -0.15) is 0 Å². The quantitative estimate of drug-likeness (QED) is 0.553. The fraction of sp³-hybridized carbons (Fsp3) is 0.188. The van der Waals surface area contributed by atoms with Crippen molar-refractivity contribution in [1.29, 1.82) is 0 Å². The summed E-state index contributed by atoms with van der Waals surface area (Å²) in [5.74, 6) is -2.70. The Labute approximate surface area is 145 Å². The monoisotopic (exact) mass is 373 g/mol. The van der Waals surface area contributed by atoms with Gasteiger partial charge in [-0.25, -0.2) is 4.39 Å². The molecule has 0 bridgehead atoms. The van der Waals surface area contributed by atoms with Gasteiger partial charge in [0.05, 0.1) is 18.5 Å². The van der Waals surface area contributed by atoms with Gasteiger partial charge >= 0.3 is 6.36 Å². The van der Waals surface area contributed by atoms with E-state index in [-0.39, 0.29) is 23.5 Å². The summed E-state index contributed by atoms with van der Waals surface area (Å²) in [6, 6.07) is 5.45. The number of rotatable bonds is 5. The zero-order chi connectivity index (χ0) is 19.5. The number of ether oxygens (including phenoxy) is 2. The number of hydrogen-bond acceptors (Lipinski definition) is 5. The molecule has 10 heteroatoms. The standard InChI is InChI=1S/C16H15F4N3O3/c1-25-12-5-3-11(21)14(22)9(12)7-23-15(24)8-2-4-13(10(17)6-8)26-16(18,19)20/h2-6H,7,21-22H2,1H3,(H,23,24). The number of methoxy groups -OCH3 is 1. The van der Waals surface area contributed by atoms with Gasteiger partial charge in [-0.15, -0.1) is 13.2 Å². The van der Waals surface area contributed by atoms with E-state index >= 15 is 0 Å². The Bertz CT molecular complexity index is 825. The van der Waals surface area contributed by atoms with Crippen LogP contribution in [0.4, 0.5) is 28.9 Å². The molecule has 0 aliphatic heterocycles. The van der Waals surface area contributed by atoms with E-state index in [9.17, 15) is 22.4 Å². The number of hydrogen-bond donors (Lipinski definition) is 3. The Balaban J connectivity index is 2.14. The summed E-state index contributed by atoms with van der Waals surface area (Å²) >= 11 is 0. The Kier molecular flexibility index (Phi) is 5.44. The topological polar surface area (TPSA) is 99.6 Å². The third-order valence-electron chi connectivity index (χ3n) is 3.41. The van der Waals surface area contributed by atoms with Crippen LogP contribution in [0.15, 0.2) is 30.3 Å². The first-order chi connectivity index (χ1) is 12.1. The average Bonchev–Trinajstić information content (AvgIpc) is 2.56. The molecular formula is C16H15F4N3O3. The molecule has 0 aliphatic rings. The molecule has 2 aromatic rings. The molecule has 5 N–H and O–H groups in total. The van der Waals surface area contributed by atoms with E-state index in [2.05, 4.69) is 10.1 Å². The van der Waals surface area contributed by atoms with Gasteiger partial charge in [0.2, 0.25) is 0 Å². The van der Waals surface area contributed by atoms with Crippen LogP contribution in [0.3, 0.4) is 0 Å². The highest BCUT2D eigenvalue weighted by Gasteiger charge is 2.32. The summed E-state index contributed by atoms with van der Waals surface area (Å²) in [5, 5.41) is 2.47. The number of carbonyl (C=O) groups is 1. The molecule has 26 heavy (non-hydrogen) atoms. The van der Waals surface area contributed by atoms with Crippen LogP contribution in [0.25, 0.3) is 0 Å². The molecule has 0 atom stereocenters. The molecule has 6 nitrogen and oxygen atoms in total. The number of anilines is 2. The molecule has 0 aliphatic carbocycles. The van der Waals surface area contributed by atoms with Gasteiger partial charge in [0.15, 0.2) is 11.6 Å². The summed E-state index contributed by atoms with van der Waals surface area (Å²) in [6.07, 6.45) is -5.04. The summed E-state index contributed by atoms with van der Waals surface area (Å²) in [5.41, 5.74) is 12.3. The summed E-state index contributed by atoms with van der Waals surface area (Å²) in [6.45, 7) is -0.0820. The molecular weight excluding hydrogens is 358 g/mol. The van der Waals surface area contributed by atoms with Crippen molar-refractivity contribution in [2.75, 3.05) is 18.6 Å². The second-order valence-corrected chi connectivity index (χ2v) is 5.12. The Hall–Kier alpha value is -3.17. The lowest BCUT2D eigenvalue weighted by molar-refractivity contribution is -0.275. The Morgan fingerprint density at radius 2 is 1.81 bits per heavy atom. The molecule has 0 heterocycles. The van der Waals surface area contributed by atoms with E-state index in [0.717, 1.165) is 6.07 Å². The number of carbonyl (C=O) groups excluding carboxylic acids is 1. The Morgan fingerprint density at radius 1 is 1.15 bits per heavy atom. The minimum Gasteiger partial charge on any atom is -0.496 e. The van der Waals surface area contributed by atoms with Crippen molar-refractivity contribution in [1.82, 2.24) is 5.32 Å². The van der Waals surface area contributed by atoms with Crippen molar-refractivity contribution in [2.45, 2.75) is 12.9 Å².